The summed E-state index contributed by atoms with van der Waals surface area (Å²) in [6.07, 6.45) is 1.06. The Morgan fingerprint density at radius 2 is 2.12 bits per heavy atom. The molecule has 0 aliphatic heterocycles. The maximum absolute atomic E-state index is 6.13. The van der Waals surface area contributed by atoms with Crippen LogP contribution in [0, 0.1) is 0 Å². The fourth-order valence-electron chi connectivity index (χ4n) is 1.51. The molecule has 0 aliphatic carbocycles. The van der Waals surface area contributed by atoms with Gasteiger partial charge in [-0.1, -0.05) is 30.1 Å². The maximum Gasteiger partial charge on any atom is 0.148 e. The summed E-state index contributed by atoms with van der Waals surface area (Å²) in [6.45, 7) is 3.01. The van der Waals surface area contributed by atoms with Crippen LogP contribution in [0.2, 0.25) is 10.0 Å². The first-order valence-corrected chi connectivity index (χ1v) is 6.21. The Morgan fingerprint density at radius 3 is 2.82 bits per heavy atom. The molecule has 17 heavy (non-hydrogen) atoms. The van der Waals surface area contributed by atoms with Crippen molar-refractivity contribution >= 4 is 29.0 Å². The van der Waals surface area contributed by atoms with Gasteiger partial charge in [-0.2, -0.15) is 5.10 Å². The SMILES string of the molecule is CCCNc1cc(-c2ccc(Cl)cc2Cl)[nH]n1. The van der Waals surface area contributed by atoms with Crippen molar-refractivity contribution in [3.05, 3.63) is 34.3 Å². The lowest BCUT2D eigenvalue weighted by Crippen LogP contribution is -1.99. The highest BCUT2D eigenvalue weighted by atomic mass is 35.5. The van der Waals surface area contributed by atoms with Crippen LogP contribution in [0.3, 0.4) is 0 Å². The van der Waals surface area contributed by atoms with Crippen molar-refractivity contribution < 1.29 is 0 Å². The van der Waals surface area contributed by atoms with Crippen LogP contribution >= 0.6 is 23.2 Å². The highest BCUT2D eigenvalue weighted by Gasteiger charge is 2.07. The third-order valence-electron chi connectivity index (χ3n) is 2.36. The Balaban J connectivity index is 2.24. The number of halogens is 2. The highest BCUT2D eigenvalue weighted by molar-refractivity contribution is 6.36. The Labute approximate surface area is 110 Å². The molecule has 0 unspecified atom stereocenters. The van der Waals surface area contributed by atoms with Gasteiger partial charge in [0.05, 0.1) is 10.7 Å². The number of aromatic amines is 1. The molecule has 90 valence electrons. The van der Waals surface area contributed by atoms with Gasteiger partial charge in [0.25, 0.3) is 0 Å². The molecule has 1 heterocycles. The van der Waals surface area contributed by atoms with E-state index < -0.39 is 0 Å². The molecule has 1 aromatic heterocycles. The van der Waals surface area contributed by atoms with Gasteiger partial charge in [-0.25, -0.2) is 0 Å². The molecule has 0 fully saturated rings. The van der Waals surface area contributed by atoms with Gasteiger partial charge in [-0.15, -0.1) is 0 Å². The van der Waals surface area contributed by atoms with Gasteiger partial charge >= 0.3 is 0 Å². The third kappa shape index (κ3) is 2.93. The van der Waals surface area contributed by atoms with E-state index >= 15 is 0 Å². The molecule has 0 aliphatic rings. The molecule has 2 aromatic rings. The number of benzene rings is 1. The zero-order valence-corrected chi connectivity index (χ0v) is 10.9. The third-order valence-corrected chi connectivity index (χ3v) is 2.90. The van der Waals surface area contributed by atoms with Crippen molar-refractivity contribution in [1.82, 2.24) is 10.2 Å². The summed E-state index contributed by atoms with van der Waals surface area (Å²) in [5.74, 6) is 0.827. The van der Waals surface area contributed by atoms with Crippen molar-refractivity contribution in [2.75, 3.05) is 11.9 Å². The van der Waals surface area contributed by atoms with E-state index in [2.05, 4.69) is 22.4 Å². The Morgan fingerprint density at radius 1 is 1.29 bits per heavy atom. The molecule has 2 N–H and O–H groups in total. The highest BCUT2D eigenvalue weighted by Crippen LogP contribution is 2.29. The first kappa shape index (κ1) is 12.3. The number of anilines is 1. The van der Waals surface area contributed by atoms with Crippen LogP contribution in [-0.2, 0) is 0 Å². The van der Waals surface area contributed by atoms with Crippen LogP contribution in [0.1, 0.15) is 13.3 Å². The molecule has 0 bridgehead atoms. The first-order valence-electron chi connectivity index (χ1n) is 5.45. The molecule has 0 saturated heterocycles. The molecule has 0 atom stereocenters. The minimum Gasteiger partial charge on any atom is -0.369 e. The summed E-state index contributed by atoms with van der Waals surface area (Å²) in [5, 5.41) is 11.6. The zero-order valence-electron chi connectivity index (χ0n) is 9.43. The van der Waals surface area contributed by atoms with E-state index in [1.165, 1.54) is 0 Å². The van der Waals surface area contributed by atoms with E-state index in [0.29, 0.717) is 10.0 Å². The minimum absolute atomic E-state index is 0.614. The lowest BCUT2D eigenvalue weighted by atomic mass is 10.1. The van der Waals surface area contributed by atoms with E-state index in [4.69, 9.17) is 23.2 Å². The summed E-state index contributed by atoms with van der Waals surface area (Å²) in [6, 6.07) is 7.34. The van der Waals surface area contributed by atoms with E-state index in [-0.39, 0.29) is 0 Å². The number of rotatable bonds is 4. The van der Waals surface area contributed by atoms with Crippen LogP contribution in [0.25, 0.3) is 11.3 Å². The smallest absolute Gasteiger partial charge is 0.148 e. The van der Waals surface area contributed by atoms with Gasteiger partial charge in [-0.05, 0) is 24.6 Å². The fourth-order valence-corrected chi connectivity index (χ4v) is 2.02. The number of nitrogens with zero attached hydrogens (tertiary/aromatic N) is 1. The second kappa shape index (κ2) is 5.43. The molecule has 0 saturated carbocycles. The number of hydrogen-bond donors (Lipinski definition) is 2. The number of aromatic nitrogens is 2. The summed E-state index contributed by atoms with van der Waals surface area (Å²) in [5.41, 5.74) is 1.78. The Kier molecular flexibility index (Phi) is 3.92. The number of H-pyrrole nitrogens is 1. The number of hydrogen-bond acceptors (Lipinski definition) is 2. The predicted octanol–water partition coefficient (Wildman–Crippen LogP) is 4.21. The molecule has 1 aromatic carbocycles. The second-order valence-corrected chi connectivity index (χ2v) is 4.56. The average molecular weight is 270 g/mol. The molecule has 5 heteroatoms. The van der Waals surface area contributed by atoms with Gasteiger partial charge < -0.3 is 5.32 Å². The van der Waals surface area contributed by atoms with E-state index in [0.717, 1.165) is 30.0 Å². The topological polar surface area (TPSA) is 40.7 Å². The zero-order chi connectivity index (χ0) is 12.3. The maximum atomic E-state index is 6.13. The van der Waals surface area contributed by atoms with Gasteiger partial charge in [0.15, 0.2) is 0 Å². The van der Waals surface area contributed by atoms with Crippen molar-refractivity contribution in [3.8, 4) is 11.3 Å². The molecule has 0 radical (unpaired) electrons. The quantitative estimate of drug-likeness (QED) is 0.873. The van der Waals surface area contributed by atoms with Gasteiger partial charge in [0, 0.05) is 23.2 Å². The summed E-state index contributed by atoms with van der Waals surface area (Å²) < 4.78 is 0. The van der Waals surface area contributed by atoms with Gasteiger partial charge in [0.2, 0.25) is 0 Å². The lowest BCUT2D eigenvalue weighted by molar-refractivity contribution is 0.961. The van der Waals surface area contributed by atoms with E-state index in [1.807, 2.05) is 18.2 Å². The van der Waals surface area contributed by atoms with Crippen LogP contribution in [0.15, 0.2) is 24.3 Å². The lowest BCUT2D eigenvalue weighted by Gasteiger charge is -2.01. The van der Waals surface area contributed by atoms with Crippen LogP contribution in [0.4, 0.5) is 5.82 Å². The summed E-state index contributed by atoms with van der Waals surface area (Å²) in [7, 11) is 0. The largest absolute Gasteiger partial charge is 0.369 e. The normalized spacial score (nSPS) is 10.5. The van der Waals surface area contributed by atoms with Crippen molar-refractivity contribution in [1.29, 1.82) is 0 Å². The summed E-state index contributed by atoms with van der Waals surface area (Å²) in [4.78, 5) is 0. The monoisotopic (exact) mass is 269 g/mol. The molecule has 3 nitrogen and oxygen atoms in total. The molecule has 0 spiro atoms. The van der Waals surface area contributed by atoms with Crippen molar-refractivity contribution in [2.45, 2.75) is 13.3 Å². The van der Waals surface area contributed by atoms with Crippen molar-refractivity contribution in [3.63, 3.8) is 0 Å². The Bertz CT molecular complexity index is 508. The molecule has 0 amide bonds. The van der Waals surface area contributed by atoms with Gasteiger partial charge in [-0.3, -0.25) is 5.10 Å². The van der Waals surface area contributed by atoms with Crippen molar-refractivity contribution in [2.24, 2.45) is 0 Å². The fraction of sp³-hybridized carbons (Fsp3) is 0.250. The predicted molar refractivity (Wildman–Crippen MR) is 72.8 cm³/mol. The second-order valence-electron chi connectivity index (χ2n) is 3.72. The van der Waals surface area contributed by atoms with Crippen LogP contribution < -0.4 is 5.32 Å². The standard InChI is InChI=1S/C12H13Cl2N3/c1-2-5-15-12-7-11(16-17-12)9-4-3-8(13)6-10(9)14/h3-4,6-7H,2,5H2,1H3,(H2,15,16,17). The van der Waals surface area contributed by atoms with Crippen LogP contribution in [-0.4, -0.2) is 16.7 Å². The van der Waals surface area contributed by atoms with E-state index in [1.54, 1.807) is 6.07 Å². The first-order chi connectivity index (χ1) is 8.20. The Hall–Kier alpha value is -1.19. The van der Waals surface area contributed by atoms with E-state index in [9.17, 15) is 0 Å². The van der Waals surface area contributed by atoms with Crippen LogP contribution in [0.5, 0.6) is 0 Å². The molecular formula is C12H13Cl2N3. The summed E-state index contributed by atoms with van der Waals surface area (Å²) >= 11 is 12.0. The molecule has 2 rings (SSSR count). The molecular weight excluding hydrogens is 257 g/mol. The minimum atomic E-state index is 0.614. The van der Waals surface area contributed by atoms with Gasteiger partial charge in [0.1, 0.15) is 5.82 Å². The number of nitrogens with one attached hydrogen (secondary N) is 2. The average Bonchev–Trinajstić information content (AvgIpc) is 2.75.